The highest BCUT2D eigenvalue weighted by molar-refractivity contribution is 7.09. The average Bonchev–Trinajstić information content (AvgIpc) is 3.28. The van der Waals surface area contributed by atoms with Crippen molar-refractivity contribution in [2.75, 3.05) is 0 Å². The number of esters is 1. The van der Waals surface area contributed by atoms with Crippen molar-refractivity contribution in [1.82, 2.24) is 9.88 Å². The third kappa shape index (κ3) is 5.33. The molecule has 0 spiro atoms. The monoisotopic (exact) mass is 399 g/mol. The van der Waals surface area contributed by atoms with E-state index in [0.29, 0.717) is 6.54 Å². The Morgan fingerprint density at radius 1 is 1.43 bits per heavy atom. The summed E-state index contributed by atoms with van der Waals surface area (Å²) in [6, 6.07) is 7.63. The zero-order valence-corrected chi connectivity index (χ0v) is 17.4. The molecule has 2 aromatic rings. The van der Waals surface area contributed by atoms with Gasteiger partial charge in [-0.15, -0.1) is 11.3 Å². The number of carbonyl (C=O) groups is 2. The Morgan fingerprint density at radius 2 is 2.18 bits per heavy atom. The summed E-state index contributed by atoms with van der Waals surface area (Å²) in [4.78, 5) is 25.5. The van der Waals surface area contributed by atoms with E-state index in [1.165, 1.54) is 24.3 Å². The zero-order valence-electron chi connectivity index (χ0n) is 16.6. The minimum Gasteiger partial charge on any atom is -0.448 e. The molecular formula is C21H25N3O3S. The molecule has 7 heteroatoms. The molecule has 2 heterocycles. The Balaban J connectivity index is 2.04. The van der Waals surface area contributed by atoms with Crippen molar-refractivity contribution in [3.63, 3.8) is 0 Å². The van der Waals surface area contributed by atoms with E-state index in [2.05, 4.69) is 16.8 Å². The normalized spacial score (nSPS) is 12.3. The summed E-state index contributed by atoms with van der Waals surface area (Å²) in [5, 5.41) is 14.0. The van der Waals surface area contributed by atoms with E-state index in [4.69, 9.17) is 4.74 Å². The van der Waals surface area contributed by atoms with Gasteiger partial charge in [0.25, 0.3) is 5.91 Å². The van der Waals surface area contributed by atoms with Gasteiger partial charge >= 0.3 is 5.97 Å². The number of rotatable bonds is 8. The number of aryl methyl sites for hydroxylation is 1. The van der Waals surface area contributed by atoms with Gasteiger partial charge in [-0.2, -0.15) is 5.26 Å². The number of nitriles is 1. The van der Waals surface area contributed by atoms with Gasteiger partial charge in [0.05, 0.1) is 6.54 Å². The summed E-state index contributed by atoms with van der Waals surface area (Å²) >= 11 is 1.53. The number of nitrogens with one attached hydrogen (secondary N) is 1. The van der Waals surface area contributed by atoms with Crippen LogP contribution in [0.15, 0.2) is 29.2 Å². The van der Waals surface area contributed by atoms with Gasteiger partial charge in [-0.05, 0) is 56.3 Å². The molecule has 1 N–H and O–H groups in total. The molecule has 0 aromatic carbocycles. The number of carbonyl (C=O) groups excluding carboxylic acids is 2. The topological polar surface area (TPSA) is 84.1 Å². The van der Waals surface area contributed by atoms with E-state index in [9.17, 15) is 14.9 Å². The zero-order chi connectivity index (χ0) is 20.7. The van der Waals surface area contributed by atoms with Crippen molar-refractivity contribution in [3.8, 4) is 6.07 Å². The Bertz CT molecular complexity index is 904. The van der Waals surface area contributed by atoms with Gasteiger partial charge in [0.2, 0.25) is 0 Å². The van der Waals surface area contributed by atoms with Gasteiger partial charge in [0.15, 0.2) is 6.10 Å². The van der Waals surface area contributed by atoms with Crippen LogP contribution in [0.5, 0.6) is 0 Å². The average molecular weight is 400 g/mol. The molecule has 0 aliphatic heterocycles. The van der Waals surface area contributed by atoms with Crippen LogP contribution in [-0.4, -0.2) is 22.5 Å². The Hall–Kier alpha value is -2.85. The minimum absolute atomic E-state index is 0.130. The molecule has 6 nitrogen and oxygen atoms in total. The van der Waals surface area contributed by atoms with Gasteiger partial charge in [0.1, 0.15) is 11.6 Å². The molecule has 0 fully saturated rings. The van der Waals surface area contributed by atoms with E-state index in [1.54, 1.807) is 0 Å². The second kappa shape index (κ2) is 9.90. The highest BCUT2D eigenvalue weighted by Crippen LogP contribution is 2.19. The van der Waals surface area contributed by atoms with Crippen LogP contribution >= 0.6 is 11.3 Å². The fourth-order valence-corrected chi connectivity index (χ4v) is 3.49. The molecule has 0 saturated carbocycles. The third-order valence-electron chi connectivity index (χ3n) is 4.37. The molecule has 1 amide bonds. The lowest BCUT2D eigenvalue weighted by atomic mass is 10.1. The smallest absolute Gasteiger partial charge is 0.349 e. The molecule has 0 saturated heterocycles. The van der Waals surface area contributed by atoms with E-state index in [1.807, 2.05) is 43.5 Å². The van der Waals surface area contributed by atoms with Crippen molar-refractivity contribution in [2.24, 2.45) is 0 Å². The van der Waals surface area contributed by atoms with Crippen LogP contribution in [0.4, 0.5) is 0 Å². The van der Waals surface area contributed by atoms with Crippen LogP contribution in [0.1, 0.15) is 42.1 Å². The van der Waals surface area contributed by atoms with Gasteiger partial charge in [-0.25, -0.2) is 4.79 Å². The highest BCUT2D eigenvalue weighted by atomic mass is 32.1. The predicted octanol–water partition coefficient (Wildman–Crippen LogP) is 3.73. The summed E-state index contributed by atoms with van der Waals surface area (Å²) in [6.45, 7) is 8.78. The maximum atomic E-state index is 12.4. The maximum absolute atomic E-state index is 12.4. The standard InChI is InChI=1S/C21H25N3O3S/c1-5-8-24-14(2)10-17(15(24)3)11-18(12-22)21(26)27-16(4)20(25)23-13-19-7-6-9-28-19/h6-7,9-11,16H,5,8,13H2,1-4H3,(H,23,25)/b18-11+/t16-/m1/s1. The quantitative estimate of drug-likeness (QED) is 0.416. The van der Waals surface area contributed by atoms with E-state index < -0.39 is 18.0 Å². The number of nitrogens with zero attached hydrogens (tertiary/aromatic N) is 2. The van der Waals surface area contributed by atoms with Gasteiger partial charge < -0.3 is 14.6 Å². The van der Waals surface area contributed by atoms with Crippen LogP contribution in [0.3, 0.4) is 0 Å². The van der Waals surface area contributed by atoms with E-state index in [0.717, 1.165) is 34.8 Å². The Kier molecular flexibility index (Phi) is 7.59. The Labute approximate surface area is 169 Å². The van der Waals surface area contributed by atoms with E-state index in [-0.39, 0.29) is 5.57 Å². The molecule has 0 bridgehead atoms. The molecule has 2 aromatic heterocycles. The minimum atomic E-state index is -0.989. The van der Waals surface area contributed by atoms with Crippen LogP contribution in [0.2, 0.25) is 0 Å². The van der Waals surface area contributed by atoms with Crippen LogP contribution < -0.4 is 5.32 Å². The fourth-order valence-electron chi connectivity index (χ4n) is 2.84. The summed E-state index contributed by atoms with van der Waals surface area (Å²) < 4.78 is 7.33. The van der Waals surface area contributed by atoms with Crippen molar-refractivity contribution >= 4 is 29.3 Å². The lowest BCUT2D eigenvalue weighted by molar-refractivity contribution is -0.150. The second-order valence-electron chi connectivity index (χ2n) is 6.49. The molecule has 0 aliphatic rings. The largest absolute Gasteiger partial charge is 0.448 e. The van der Waals surface area contributed by atoms with Gasteiger partial charge in [-0.3, -0.25) is 4.79 Å². The first kappa shape index (κ1) is 21.5. The molecule has 148 valence electrons. The lowest BCUT2D eigenvalue weighted by Crippen LogP contribution is -2.35. The Morgan fingerprint density at radius 3 is 2.79 bits per heavy atom. The first-order valence-corrected chi connectivity index (χ1v) is 10.0. The van der Waals surface area contributed by atoms with Crippen LogP contribution in [0, 0.1) is 25.2 Å². The summed E-state index contributed by atoms with van der Waals surface area (Å²) in [5.41, 5.74) is 2.73. The summed E-state index contributed by atoms with van der Waals surface area (Å²) in [6.07, 6.45) is 1.52. The summed E-state index contributed by atoms with van der Waals surface area (Å²) in [7, 11) is 0. The van der Waals surface area contributed by atoms with E-state index >= 15 is 0 Å². The number of amides is 1. The first-order chi connectivity index (χ1) is 13.4. The molecule has 0 radical (unpaired) electrons. The predicted molar refractivity (Wildman–Crippen MR) is 110 cm³/mol. The van der Waals surface area contributed by atoms with Gasteiger partial charge in [0, 0.05) is 22.8 Å². The number of aromatic nitrogens is 1. The summed E-state index contributed by atoms with van der Waals surface area (Å²) in [5.74, 6) is -1.21. The molecule has 1 atom stereocenters. The maximum Gasteiger partial charge on any atom is 0.349 e. The lowest BCUT2D eigenvalue weighted by Gasteiger charge is -2.12. The van der Waals surface area contributed by atoms with Crippen molar-refractivity contribution in [1.29, 1.82) is 5.26 Å². The van der Waals surface area contributed by atoms with Crippen LogP contribution in [0.25, 0.3) is 6.08 Å². The first-order valence-electron chi connectivity index (χ1n) is 9.17. The number of thiophene rings is 1. The van der Waals surface area contributed by atoms with Gasteiger partial charge in [-0.1, -0.05) is 13.0 Å². The molecule has 2 rings (SSSR count). The van der Waals surface area contributed by atoms with Crippen LogP contribution in [-0.2, 0) is 27.4 Å². The third-order valence-corrected chi connectivity index (χ3v) is 5.25. The molecule has 0 aliphatic carbocycles. The molecule has 0 unspecified atom stereocenters. The fraction of sp³-hybridized carbons (Fsp3) is 0.381. The number of ether oxygens (including phenoxy) is 1. The second-order valence-corrected chi connectivity index (χ2v) is 7.52. The highest BCUT2D eigenvalue weighted by Gasteiger charge is 2.21. The van der Waals surface area contributed by atoms with Crippen molar-refractivity contribution in [3.05, 3.63) is 51.0 Å². The van der Waals surface area contributed by atoms with Crippen molar-refractivity contribution < 1.29 is 14.3 Å². The SMILES string of the molecule is CCCn1c(C)cc(/C=C(\C#N)C(=O)O[C@H](C)C(=O)NCc2cccs2)c1C. The number of hydrogen-bond acceptors (Lipinski definition) is 5. The molecule has 28 heavy (non-hydrogen) atoms. The molecular weight excluding hydrogens is 374 g/mol. The number of hydrogen-bond donors (Lipinski definition) is 1. The van der Waals surface area contributed by atoms with Crippen molar-refractivity contribution in [2.45, 2.75) is 53.3 Å².